The van der Waals surface area contributed by atoms with Gasteiger partial charge in [-0.15, -0.1) is 0 Å². The number of nitrogens with zero attached hydrogens (tertiary/aromatic N) is 3. The molecular weight excluding hydrogens is 631 g/mol. The van der Waals surface area contributed by atoms with Crippen molar-refractivity contribution in [2.75, 3.05) is 53.7 Å². The number of methoxy groups -OCH3 is 1. The standard InChI is InChI=1S/C37H57FN4O7/c1-26(40(5)36(45)49-37(2,3)4)34(43)39-33(27-11-8-7-9-12-27)35(44)42-16-10-13-30(42)23-28-25-41(32-24-29(38)14-15-31(28)32)17-18-47-21-22-48-20-19-46-6/h14-15,24-27,30,33H,7-13,16-23H2,1-6H3,(H,39,43)/t26-,30-,33-/m0/s1. The number of rotatable bonds is 16. The molecule has 2 aromatic rings. The fraction of sp³-hybridized carbons (Fsp3) is 0.703. The average Bonchev–Trinajstić information content (AvgIpc) is 3.67. The fourth-order valence-corrected chi connectivity index (χ4v) is 6.88. The van der Waals surface area contributed by atoms with Crippen LogP contribution in [0.25, 0.3) is 10.9 Å². The summed E-state index contributed by atoms with van der Waals surface area (Å²) >= 11 is 0. The summed E-state index contributed by atoms with van der Waals surface area (Å²) in [5, 5.41) is 4.04. The van der Waals surface area contributed by atoms with Gasteiger partial charge in [0.15, 0.2) is 0 Å². The molecule has 0 radical (unpaired) electrons. The summed E-state index contributed by atoms with van der Waals surface area (Å²) in [6.07, 6.45) is 8.68. The van der Waals surface area contributed by atoms with Crippen LogP contribution in [0.2, 0.25) is 0 Å². The highest BCUT2D eigenvalue weighted by Gasteiger charge is 2.40. The number of halogens is 1. The van der Waals surface area contributed by atoms with Crippen LogP contribution in [0.5, 0.6) is 0 Å². The Morgan fingerprint density at radius 3 is 2.39 bits per heavy atom. The molecule has 1 N–H and O–H groups in total. The molecule has 4 rings (SSSR count). The molecule has 1 saturated heterocycles. The van der Waals surface area contributed by atoms with E-state index < -0.39 is 23.8 Å². The van der Waals surface area contributed by atoms with E-state index in [4.69, 9.17) is 18.9 Å². The number of amides is 3. The molecule has 0 spiro atoms. The monoisotopic (exact) mass is 688 g/mol. The number of carbonyl (C=O) groups is 3. The van der Waals surface area contributed by atoms with Crippen molar-refractivity contribution in [2.24, 2.45) is 5.92 Å². The molecule has 3 atom stereocenters. The van der Waals surface area contributed by atoms with E-state index in [9.17, 15) is 18.8 Å². The van der Waals surface area contributed by atoms with Crippen LogP contribution in [0.15, 0.2) is 24.4 Å². The highest BCUT2D eigenvalue weighted by Crippen LogP contribution is 2.32. The minimum atomic E-state index is -0.818. The number of hydrogen-bond donors (Lipinski definition) is 1. The largest absolute Gasteiger partial charge is 0.444 e. The predicted molar refractivity (Wildman–Crippen MR) is 186 cm³/mol. The molecule has 1 saturated carbocycles. The minimum Gasteiger partial charge on any atom is -0.444 e. The van der Waals surface area contributed by atoms with E-state index in [1.165, 1.54) is 11.0 Å². The topological polar surface area (TPSA) is 112 Å². The van der Waals surface area contributed by atoms with E-state index in [2.05, 4.69) is 11.5 Å². The minimum absolute atomic E-state index is 0.0285. The van der Waals surface area contributed by atoms with Crippen molar-refractivity contribution in [3.63, 3.8) is 0 Å². The van der Waals surface area contributed by atoms with E-state index in [-0.39, 0.29) is 29.6 Å². The maximum absolute atomic E-state index is 14.4. The molecule has 274 valence electrons. The maximum Gasteiger partial charge on any atom is 0.410 e. The van der Waals surface area contributed by atoms with Gasteiger partial charge in [-0.05, 0) is 89.5 Å². The molecule has 1 aromatic heterocycles. The van der Waals surface area contributed by atoms with E-state index >= 15 is 0 Å². The number of ether oxygens (including phenoxy) is 4. The third-order valence-corrected chi connectivity index (χ3v) is 9.65. The van der Waals surface area contributed by atoms with Crippen LogP contribution in [0.3, 0.4) is 0 Å². The van der Waals surface area contributed by atoms with Gasteiger partial charge in [0, 0.05) is 44.9 Å². The van der Waals surface area contributed by atoms with Crippen LogP contribution >= 0.6 is 0 Å². The van der Waals surface area contributed by atoms with Crippen molar-refractivity contribution in [1.82, 2.24) is 19.7 Å². The normalized spacial score (nSPS) is 18.4. The summed E-state index contributed by atoms with van der Waals surface area (Å²) in [6.45, 7) is 10.6. The van der Waals surface area contributed by atoms with Gasteiger partial charge in [-0.25, -0.2) is 9.18 Å². The number of hydrogen-bond acceptors (Lipinski definition) is 7. The van der Waals surface area contributed by atoms with Gasteiger partial charge >= 0.3 is 6.09 Å². The van der Waals surface area contributed by atoms with Crippen molar-refractivity contribution in [1.29, 1.82) is 0 Å². The summed E-state index contributed by atoms with van der Waals surface area (Å²) in [5.74, 6) is -0.713. The van der Waals surface area contributed by atoms with E-state index in [1.54, 1.807) is 47.9 Å². The lowest BCUT2D eigenvalue weighted by Crippen LogP contribution is -2.57. The van der Waals surface area contributed by atoms with Gasteiger partial charge in [-0.2, -0.15) is 0 Å². The van der Waals surface area contributed by atoms with Crippen molar-refractivity contribution in [3.05, 3.63) is 35.8 Å². The van der Waals surface area contributed by atoms with Gasteiger partial charge in [-0.1, -0.05) is 19.3 Å². The molecule has 3 amide bonds. The maximum atomic E-state index is 14.4. The molecule has 2 fully saturated rings. The van der Waals surface area contributed by atoms with Gasteiger partial charge in [0.25, 0.3) is 0 Å². The van der Waals surface area contributed by atoms with Gasteiger partial charge in [-0.3, -0.25) is 14.5 Å². The van der Waals surface area contributed by atoms with Crippen LogP contribution in [-0.4, -0.2) is 110 Å². The van der Waals surface area contributed by atoms with Gasteiger partial charge in [0.1, 0.15) is 23.5 Å². The molecule has 0 bridgehead atoms. The smallest absolute Gasteiger partial charge is 0.410 e. The number of nitrogens with one attached hydrogen (secondary N) is 1. The van der Waals surface area contributed by atoms with Gasteiger partial charge < -0.3 is 33.7 Å². The number of aromatic nitrogens is 1. The Kier molecular flexibility index (Phi) is 14.3. The molecule has 1 aliphatic heterocycles. The second-order valence-electron chi connectivity index (χ2n) is 14.4. The number of benzene rings is 1. The molecule has 12 heteroatoms. The molecule has 49 heavy (non-hydrogen) atoms. The predicted octanol–water partition coefficient (Wildman–Crippen LogP) is 5.31. The molecule has 1 aromatic carbocycles. The van der Waals surface area contributed by atoms with E-state index in [0.717, 1.165) is 61.4 Å². The zero-order valence-electron chi connectivity index (χ0n) is 30.3. The quantitative estimate of drug-likeness (QED) is 0.238. The third kappa shape index (κ3) is 10.9. The molecule has 2 heterocycles. The number of fused-ring (bicyclic) bond motifs is 1. The first-order chi connectivity index (χ1) is 23.4. The zero-order valence-corrected chi connectivity index (χ0v) is 30.3. The Hall–Kier alpha value is -3.22. The summed E-state index contributed by atoms with van der Waals surface area (Å²) in [4.78, 5) is 43.9. The summed E-state index contributed by atoms with van der Waals surface area (Å²) in [7, 11) is 3.17. The summed E-state index contributed by atoms with van der Waals surface area (Å²) in [5.41, 5.74) is 1.15. The van der Waals surface area contributed by atoms with Crippen molar-refractivity contribution in [2.45, 2.75) is 109 Å². The number of carbonyl (C=O) groups excluding carboxylic acids is 3. The lowest BCUT2D eigenvalue weighted by molar-refractivity contribution is -0.140. The molecule has 2 aliphatic rings. The average molecular weight is 689 g/mol. The Morgan fingerprint density at radius 2 is 1.69 bits per heavy atom. The van der Waals surface area contributed by atoms with E-state index in [1.807, 2.05) is 15.5 Å². The molecule has 0 unspecified atom stereocenters. The SMILES string of the molecule is COCCOCCOCCn1cc(C[C@@H]2CCCN2C(=O)[C@@H](NC(=O)[C@H](C)N(C)C(=O)OC(C)(C)C)C2CCCCC2)c2ccc(F)cc21. The van der Waals surface area contributed by atoms with Gasteiger partial charge in [0.2, 0.25) is 11.8 Å². The van der Waals surface area contributed by atoms with Gasteiger partial charge in [0.05, 0.1) is 38.6 Å². The first-order valence-electron chi connectivity index (χ1n) is 17.9. The Morgan fingerprint density at radius 1 is 1.00 bits per heavy atom. The third-order valence-electron chi connectivity index (χ3n) is 9.65. The molecular formula is C37H57FN4O7. The van der Waals surface area contributed by atoms with Crippen LogP contribution in [0, 0.1) is 11.7 Å². The second kappa shape index (κ2) is 18.1. The second-order valence-corrected chi connectivity index (χ2v) is 14.4. The fourth-order valence-electron chi connectivity index (χ4n) is 6.88. The Labute approximate surface area is 290 Å². The molecule has 11 nitrogen and oxygen atoms in total. The number of likely N-dealkylation sites (N-methyl/N-ethyl adjacent to an activating group) is 1. The van der Waals surface area contributed by atoms with Crippen LogP contribution in [-0.2, 0) is 41.5 Å². The highest BCUT2D eigenvalue weighted by atomic mass is 19.1. The van der Waals surface area contributed by atoms with Crippen LogP contribution in [0.4, 0.5) is 9.18 Å². The van der Waals surface area contributed by atoms with Crippen molar-refractivity contribution < 1.29 is 37.7 Å². The lowest BCUT2D eigenvalue weighted by Gasteiger charge is -2.36. The first kappa shape index (κ1) is 38.6. The van der Waals surface area contributed by atoms with E-state index in [0.29, 0.717) is 52.5 Å². The summed E-state index contributed by atoms with van der Waals surface area (Å²) < 4.78 is 38.1. The highest BCUT2D eigenvalue weighted by molar-refractivity contribution is 5.91. The zero-order chi connectivity index (χ0) is 35.6. The van der Waals surface area contributed by atoms with Crippen LogP contribution < -0.4 is 5.32 Å². The Bertz CT molecular complexity index is 1390. The van der Waals surface area contributed by atoms with Crippen LogP contribution in [0.1, 0.15) is 78.2 Å². The lowest BCUT2D eigenvalue weighted by atomic mass is 9.83. The Balaban J connectivity index is 1.46. The van der Waals surface area contributed by atoms with Crippen molar-refractivity contribution in [3.8, 4) is 0 Å². The first-order valence-corrected chi connectivity index (χ1v) is 17.9. The molecule has 1 aliphatic carbocycles. The number of likely N-dealkylation sites (tertiary alicyclic amines) is 1. The summed E-state index contributed by atoms with van der Waals surface area (Å²) in [6, 6.07) is 3.30. The van der Waals surface area contributed by atoms with Crippen molar-refractivity contribution >= 4 is 28.8 Å².